The molecule has 8 nitrogen and oxygen atoms in total. The summed E-state index contributed by atoms with van der Waals surface area (Å²) in [5, 5.41) is 12.6. The zero-order valence-electron chi connectivity index (χ0n) is 21.8. The highest BCUT2D eigenvalue weighted by atomic mass is 32.2. The molecule has 1 saturated carbocycles. The number of sulfonamides is 1. The van der Waals surface area contributed by atoms with E-state index >= 15 is 0 Å². The fourth-order valence-electron chi connectivity index (χ4n) is 7.68. The molecule has 2 heterocycles. The Morgan fingerprint density at radius 3 is 2.74 bits per heavy atom. The van der Waals surface area contributed by atoms with Crippen LogP contribution in [0.3, 0.4) is 0 Å². The molecule has 202 valence electrons. The van der Waals surface area contributed by atoms with Crippen LogP contribution in [0.2, 0.25) is 0 Å². The summed E-state index contributed by atoms with van der Waals surface area (Å²) < 4.78 is 41.0. The molecule has 9 heteroatoms. The number of hydrogen-bond donors (Lipinski definition) is 1. The highest BCUT2D eigenvalue weighted by molar-refractivity contribution is 7.88. The molecule has 38 heavy (non-hydrogen) atoms. The first-order chi connectivity index (χ1) is 18.1. The van der Waals surface area contributed by atoms with Crippen LogP contribution in [0.1, 0.15) is 42.9 Å². The van der Waals surface area contributed by atoms with Crippen LogP contribution in [-0.4, -0.2) is 72.6 Å². The lowest BCUT2D eigenvalue weighted by Gasteiger charge is -2.64. The second-order valence-electron chi connectivity index (χ2n) is 11.1. The van der Waals surface area contributed by atoms with E-state index in [-0.39, 0.29) is 11.8 Å². The molecular formula is C29H34N2O6S. The van der Waals surface area contributed by atoms with Crippen molar-refractivity contribution in [2.45, 2.75) is 67.6 Å². The van der Waals surface area contributed by atoms with E-state index in [1.807, 2.05) is 42.5 Å². The maximum Gasteiger partial charge on any atom is 0.308 e. The monoisotopic (exact) mass is 538 g/mol. The van der Waals surface area contributed by atoms with E-state index in [9.17, 15) is 18.3 Å². The number of carbonyl (C=O) groups excluding carboxylic acids is 1. The molecule has 5 atom stereocenters. The molecule has 1 spiro atoms. The summed E-state index contributed by atoms with van der Waals surface area (Å²) in [6, 6.07) is 12.2. The Labute approximate surface area is 223 Å². The second-order valence-corrected chi connectivity index (χ2v) is 13.1. The maximum absolute atomic E-state index is 13.6. The Balaban J connectivity index is 1.46. The van der Waals surface area contributed by atoms with E-state index in [0.717, 1.165) is 23.2 Å². The molecule has 2 bridgehead atoms. The molecule has 4 aliphatic rings. The molecule has 1 N–H and O–H groups in total. The van der Waals surface area contributed by atoms with Crippen LogP contribution in [0, 0.1) is 0 Å². The van der Waals surface area contributed by atoms with Crippen LogP contribution in [-0.2, 0) is 32.4 Å². The number of likely N-dealkylation sites (tertiary alicyclic amines) is 1. The van der Waals surface area contributed by atoms with Crippen LogP contribution in [0.15, 0.2) is 55.1 Å². The Morgan fingerprint density at radius 2 is 2.03 bits per heavy atom. The number of aliphatic hydroxyl groups is 1. The lowest BCUT2D eigenvalue weighted by Crippen LogP contribution is -2.78. The first-order valence-electron chi connectivity index (χ1n) is 13.2. The van der Waals surface area contributed by atoms with Crippen molar-refractivity contribution >= 4 is 16.0 Å². The van der Waals surface area contributed by atoms with Crippen molar-refractivity contribution in [3.05, 3.63) is 71.8 Å². The zero-order valence-corrected chi connectivity index (χ0v) is 22.6. The Bertz CT molecular complexity index is 1400. The zero-order chi connectivity index (χ0) is 26.9. The first kappa shape index (κ1) is 25.6. The smallest absolute Gasteiger partial charge is 0.308 e. The molecule has 2 aromatic rings. The molecule has 0 radical (unpaired) electrons. The van der Waals surface area contributed by atoms with Crippen LogP contribution in [0.25, 0.3) is 0 Å². The molecule has 2 unspecified atom stereocenters. The minimum atomic E-state index is -3.68. The fourth-order valence-corrected chi connectivity index (χ4v) is 9.13. The van der Waals surface area contributed by atoms with E-state index in [2.05, 4.69) is 11.5 Å². The third-order valence-corrected chi connectivity index (χ3v) is 11.1. The van der Waals surface area contributed by atoms with Gasteiger partial charge in [0.05, 0.1) is 22.8 Å². The lowest BCUT2D eigenvalue weighted by atomic mass is 9.48. The summed E-state index contributed by atoms with van der Waals surface area (Å²) in [4.78, 5) is 14.2. The third-order valence-electron chi connectivity index (χ3n) is 9.24. The quantitative estimate of drug-likeness (QED) is 0.329. The van der Waals surface area contributed by atoms with Gasteiger partial charge in [-0.05, 0) is 49.4 Å². The van der Waals surface area contributed by atoms with E-state index in [1.165, 1.54) is 11.2 Å². The average molecular weight is 539 g/mol. The summed E-state index contributed by atoms with van der Waals surface area (Å²) in [7, 11) is -2.06. The summed E-state index contributed by atoms with van der Waals surface area (Å²) in [6.45, 7) is 6.66. The number of carbonyl (C=O) groups is 1. The highest BCUT2D eigenvalue weighted by Gasteiger charge is 2.73. The molecule has 0 aromatic heterocycles. The summed E-state index contributed by atoms with van der Waals surface area (Å²) in [6.07, 6.45) is 3.39. The number of hydrogen-bond acceptors (Lipinski definition) is 7. The number of ether oxygens (including phenoxy) is 2. The fraction of sp³-hybridized carbons (Fsp3) is 0.483. The number of likely N-dealkylation sites (N-methyl/N-ethyl adjacent to an activating group) is 1. The Hall–Kier alpha value is -2.72. The molecule has 2 fully saturated rings. The molecular weight excluding hydrogens is 504 g/mol. The van der Waals surface area contributed by atoms with Gasteiger partial charge >= 0.3 is 5.97 Å². The van der Waals surface area contributed by atoms with Gasteiger partial charge in [-0.15, -0.1) is 6.58 Å². The molecule has 0 amide bonds. The lowest BCUT2D eigenvalue weighted by molar-refractivity contribution is -0.193. The summed E-state index contributed by atoms with van der Waals surface area (Å²) in [5.74, 6) is 0.221. The number of benzene rings is 2. The molecule has 6 rings (SSSR count). The summed E-state index contributed by atoms with van der Waals surface area (Å²) >= 11 is 0. The van der Waals surface area contributed by atoms with Gasteiger partial charge in [-0.3, -0.25) is 9.69 Å². The van der Waals surface area contributed by atoms with Crippen molar-refractivity contribution in [1.29, 1.82) is 0 Å². The SMILES string of the molecule is C=CCN1CC[C@]23c4c5ccc(OC(C)=O)c4OC2C(N(C)S(=O)(=O)Cc2ccccc2)CC[C@@]3(O)[C@H]1C5. The van der Waals surface area contributed by atoms with Gasteiger partial charge in [-0.25, -0.2) is 8.42 Å². The number of rotatable bonds is 7. The van der Waals surface area contributed by atoms with Crippen molar-refractivity contribution in [1.82, 2.24) is 9.21 Å². The predicted octanol–water partition coefficient (Wildman–Crippen LogP) is 2.78. The van der Waals surface area contributed by atoms with Crippen LogP contribution in [0.5, 0.6) is 11.5 Å². The van der Waals surface area contributed by atoms with E-state index in [1.54, 1.807) is 13.1 Å². The molecule has 1 saturated heterocycles. The van der Waals surface area contributed by atoms with Gasteiger partial charge < -0.3 is 14.6 Å². The van der Waals surface area contributed by atoms with Gasteiger partial charge in [-0.2, -0.15) is 4.31 Å². The second kappa shape index (κ2) is 8.91. The van der Waals surface area contributed by atoms with E-state index in [0.29, 0.717) is 43.7 Å². The molecule has 2 aliphatic heterocycles. The normalized spacial score (nSPS) is 31.4. The van der Waals surface area contributed by atoms with E-state index < -0.39 is 39.2 Å². The largest absolute Gasteiger partial charge is 0.483 e. The van der Waals surface area contributed by atoms with Gasteiger partial charge in [0.1, 0.15) is 6.10 Å². The number of esters is 1. The summed E-state index contributed by atoms with van der Waals surface area (Å²) in [5.41, 5.74) is 0.727. The van der Waals surface area contributed by atoms with Crippen molar-refractivity contribution in [2.75, 3.05) is 20.1 Å². The molecule has 2 aliphatic carbocycles. The topological polar surface area (TPSA) is 96.4 Å². The van der Waals surface area contributed by atoms with Crippen molar-refractivity contribution in [2.24, 2.45) is 0 Å². The van der Waals surface area contributed by atoms with Gasteiger partial charge in [0.15, 0.2) is 11.5 Å². The average Bonchev–Trinajstić information content (AvgIpc) is 3.22. The van der Waals surface area contributed by atoms with Crippen LogP contribution in [0.4, 0.5) is 0 Å². The van der Waals surface area contributed by atoms with Crippen molar-refractivity contribution in [3.8, 4) is 11.5 Å². The maximum atomic E-state index is 13.6. The van der Waals surface area contributed by atoms with E-state index in [4.69, 9.17) is 9.47 Å². The number of piperidine rings is 1. The van der Waals surface area contributed by atoms with Crippen LogP contribution >= 0.6 is 0 Å². The first-order valence-corrected chi connectivity index (χ1v) is 14.8. The Morgan fingerprint density at radius 1 is 1.26 bits per heavy atom. The molecule has 2 aromatic carbocycles. The predicted molar refractivity (Wildman–Crippen MR) is 143 cm³/mol. The van der Waals surface area contributed by atoms with Gasteiger partial charge in [0.25, 0.3) is 0 Å². The van der Waals surface area contributed by atoms with Gasteiger partial charge in [-0.1, -0.05) is 42.5 Å². The minimum Gasteiger partial charge on any atom is -0.483 e. The third kappa shape index (κ3) is 3.52. The van der Waals surface area contributed by atoms with Gasteiger partial charge in [0, 0.05) is 32.1 Å². The van der Waals surface area contributed by atoms with Gasteiger partial charge in [0.2, 0.25) is 10.0 Å². The van der Waals surface area contributed by atoms with Crippen molar-refractivity contribution < 1.29 is 27.8 Å². The minimum absolute atomic E-state index is 0.114. The standard InChI is InChI=1S/C29H34N2O6S/c1-4-15-31-16-14-28-25-21-10-11-23(36-19(2)32)26(25)37-27(28)22(12-13-29(28,33)24(31)17-21)30(3)38(34,35)18-20-8-6-5-7-9-20/h4-11,22,24,27,33H,1,12-18H2,2-3H3/t22?,24-,27?,28+,29-/m1/s1. The van der Waals surface area contributed by atoms with Crippen molar-refractivity contribution in [3.63, 3.8) is 0 Å². The Kier molecular flexibility index (Phi) is 5.99. The van der Waals surface area contributed by atoms with Crippen LogP contribution < -0.4 is 9.47 Å². The highest BCUT2D eigenvalue weighted by Crippen LogP contribution is 2.66. The number of nitrogens with zero attached hydrogens (tertiary/aromatic N) is 2.